The second kappa shape index (κ2) is 5.99. The summed E-state index contributed by atoms with van der Waals surface area (Å²) in [5, 5.41) is 9.15. The first-order chi connectivity index (χ1) is 9.90. The lowest BCUT2D eigenvalue weighted by atomic mass is 10.1. The number of hydrogen-bond donors (Lipinski definition) is 2. The molecule has 0 fully saturated rings. The molecule has 2 aromatic rings. The maximum absolute atomic E-state index is 12.4. The molecule has 0 aliphatic rings. The number of aryl methyl sites for hydroxylation is 1. The van der Waals surface area contributed by atoms with Gasteiger partial charge in [0.05, 0.1) is 18.2 Å². The minimum absolute atomic E-state index is 0.000309. The van der Waals surface area contributed by atoms with Gasteiger partial charge in [-0.3, -0.25) is 9.89 Å². The number of H-pyrrole nitrogens is 1. The van der Waals surface area contributed by atoms with Crippen LogP contribution >= 0.6 is 0 Å². The van der Waals surface area contributed by atoms with E-state index >= 15 is 0 Å². The zero-order valence-corrected chi connectivity index (χ0v) is 11.3. The van der Waals surface area contributed by atoms with Gasteiger partial charge in [-0.15, -0.1) is 0 Å². The predicted molar refractivity (Wildman–Crippen MR) is 71.7 cm³/mol. The quantitative estimate of drug-likeness (QED) is 0.910. The standard InChI is InChI=1S/C14H14F3N3O/c1-2-10-8-18-20-13(10)19-12(21)7-9-3-5-11(6-4-9)14(15,16)17/h3-6,8H,2,7H2,1H3,(H2,18,19,20,21). The van der Waals surface area contributed by atoms with Crippen LogP contribution in [0.25, 0.3) is 0 Å². The monoisotopic (exact) mass is 297 g/mol. The maximum Gasteiger partial charge on any atom is 0.416 e. The fourth-order valence-electron chi connectivity index (χ4n) is 1.87. The third kappa shape index (κ3) is 3.84. The highest BCUT2D eigenvalue weighted by Crippen LogP contribution is 2.29. The summed E-state index contributed by atoms with van der Waals surface area (Å²) in [5.74, 6) is 0.211. The van der Waals surface area contributed by atoms with Crippen molar-refractivity contribution in [2.45, 2.75) is 25.9 Å². The van der Waals surface area contributed by atoms with E-state index in [-0.39, 0.29) is 12.3 Å². The number of alkyl halides is 3. The molecule has 0 aliphatic heterocycles. The number of rotatable bonds is 4. The van der Waals surface area contributed by atoms with Gasteiger partial charge >= 0.3 is 6.18 Å². The molecule has 0 atom stereocenters. The van der Waals surface area contributed by atoms with Crippen LogP contribution in [0.15, 0.2) is 30.5 Å². The lowest BCUT2D eigenvalue weighted by Crippen LogP contribution is -2.16. The van der Waals surface area contributed by atoms with Crippen molar-refractivity contribution < 1.29 is 18.0 Å². The summed E-state index contributed by atoms with van der Waals surface area (Å²) in [7, 11) is 0. The van der Waals surface area contributed by atoms with Gasteiger partial charge in [-0.1, -0.05) is 19.1 Å². The van der Waals surface area contributed by atoms with Crippen molar-refractivity contribution in [2.75, 3.05) is 5.32 Å². The molecule has 1 heterocycles. The Kier molecular flexibility index (Phi) is 4.30. The van der Waals surface area contributed by atoms with E-state index in [4.69, 9.17) is 0 Å². The molecule has 21 heavy (non-hydrogen) atoms. The number of carbonyl (C=O) groups excluding carboxylic acids is 1. The van der Waals surface area contributed by atoms with Crippen LogP contribution in [0, 0.1) is 0 Å². The predicted octanol–water partition coefficient (Wildman–Crippen LogP) is 3.17. The van der Waals surface area contributed by atoms with Crippen molar-refractivity contribution in [2.24, 2.45) is 0 Å². The molecule has 0 spiro atoms. The second-order valence-electron chi connectivity index (χ2n) is 4.54. The molecule has 0 unspecified atom stereocenters. The summed E-state index contributed by atoms with van der Waals surface area (Å²) < 4.78 is 37.3. The van der Waals surface area contributed by atoms with E-state index < -0.39 is 11.7 Å². The number of aromatic amines is 1. The smallest absolute Gasteiger partial charge is 0.311 e. The van der Waals surface area contributed by atoms with Gasteiger partial charge in [0.15, 0.2) is 0 Å². The molecule has 112 valence electrons. The van der Waals surface area contributed by atoms with E-state index in [1.54, 1.807) is 6.20 Å². The summed E-state index contributed by atoms with van der Waals surface area (Å²) >= 11 is 0. The third-order valence-electron chi connectivity index (χ3n) is 3.01. The van der Waals surface area contributed by atoms with Crippen molar-refractivity contribution in [3.8, 4) is 0 Å². The first-order valence-electron chi connectivity index (χ1n) is 6.38. The Morgan fingerprint density at radius 2 is 1.95 bits per heavy atom. The first-order valence-corrected chi connectivity index (χ1v) is 6.38. The largest absolute Gasteiger partial charge is 0.416 e. The van der Waals surface area contributed by atoms with Crippen molar-refractivity contribution in [3.05, 3.63) is 47.2 Å². The number of halogens is 3. The lowest BCUT2D eigenvalue weighted by molar-refractivity contribution is -0.137. The molecule has 1 aromatic heterocycles. The van der Waals surface area contributed by atoms with Gasteiger partial charge in [0.25, 0.3) is 0 Å². The normalized spacial score (nSPS) is 11.4. The average molecular weight is 297 g/mol. The molecule has 1 aromatic carbocycles. The highest BCUT2D eigenvalue weighted by molar-refractivity contribution is 5.91. The number of nitrogens with zero attached hydrogens (tertiary/aromatic N) is 1. The molecule has 0 saturated heterocycles. The number of anilines is 1. The lowest BCUT2D eigenvalue weighted by Gasteiger charge is -2.08. The van der Waals surface area contributed by atoms with Crippen LogP contribution in [0.5, 0.6) is 0 Å². The Hall–Kier alpha value is -2.31. The van der Waals surface area contributed by atoms with Crippen LogP contribution in [0.2, 0.25) is 0 Å². The molecule has 0 saturated carbocycles. The summed E-state index contributed by atoms with van der Waals surface area (Å²) in [4.78, 5) is 11.8. The number of aromatic nitrogens is 2. The molecule has 1 amide bonds. The van der Waals surface area contributed by atoms with E-state index in [1.165, 1.54) is 12.1 Å². The summed E-state index contributed by atoms with van der Waals surface area (Å²) in [6, 6.07) is 4.54. The number of hydrogen-bond acceptors (Lipinski definition) is 2. The highest BCUT2D eigenvalue weighted by atomic mass is 19.4. The van der Waals surface area contributed by atoms with E-state index in [0.717, 1.165) is 17.7 Å². The maximum atomic E-state index is 12.4. The topological polar surface area (TPSA) is 57.8 Å². The van der Waals surface area contributed by atoms with E-state index in [9.17, 15) is 18.0 Å². The Morgan fingerprint density at radius 3 is 2.52 bits per heavy atom. The van der Waals surface area contributed by atoms with Crippen molar-refractivity contribution in [1.82, 2.24) is 10.2 Å². The van der Waals surface area contributed by atoms with Crippen LogP contribution in [0.1, 0.15) is 23.6 Å². The van der Waals surface area contributed by atoms with E-state index in [1.807, 2.05) is 6.92 Å². The number of amides is 1. The molecular weight excluding hydrogens is 283 g/mol. The van der Waals surface area contributed by atoms with Gasteiger partial charge in [0.1, 0.15) is 5.82 Å². The average Bonchev–Trinajstić information content (AvgIpc) is 2.85. The Balaban J connectivity index is 2.00. The van der Waals surface area contributed by atoms with Crippen molar-refractivity contribution >= 4 is 11.7 Å². The Labute approximate surface area is 119 Å². The molecule has 2 N–H and O–H groups in total. The molecule has 7 heteroatoms. The van der Waals surface area contributed by atoms with Crippen molar-refractivity contribution in [3.63, 3.8) is 0 Å². The SMILES string of the molecule is CCc1cn[nH]c1NC(=O)Cc1ccc(C(F)(F)F)cc1. The highest BCUT2D eigenvalue weighted by Gasteiger charge is 2.29. The fourth-order valence-corrected chi connectivity index (χ4v) is 1.87. The van der Waals surface area contributed by atoms with Gasteiger partial charge < -0.3 is 5.32 Å². The minimum atomic E-state index is -4.37. The number of carbonyl (C=O) groups is 1. The van der Waals surface area contributed by atoms with Crippen molar-refractivity contribution in [1.29, 1.82) is 0 Å². The van der Waals surface area contributed by atoms with E-state index in [2.05, 4.69) is 15.5 Å². The Morgan fingerprint density at radius 1 is 1.29 bits per heavy atom. The molecule has 0 aliphatic carbocycles. The van der Waals surface area contributed by atoms with Gasteiger partial charge in [0, 0.05) is 5.56 Å². The molecule has 0 bridgehead atoms. The summed E-state index contributed by atoms with van der Waals surface area (Å²) in [5.41, 5.74) is 0.655. The zero-order valence-electron chi connectivity index (χ0n) is 11.3. The van der Waals surface area contributed by atoms with Crippen LogP contribution in [0.3, 0.4) is 0 Å². The van der Waals surface area contributed by atoms with E-state index in [0.29, 0.717) is 17.8 Å². The van der Waals surface area contributed by atoms with Crippen LogP contribution in [0.4, 0.5) is 19.0 Å². The molecular formula is C14H14F3N3O. The molecule has 4 nitrogen and oxygen atoms in total. The van der Waals surface area contributed by atoms with Gasteiger partial charge in [-0.2, -0.15) is 18.3 Å². The number of benzene rings is 1. The Bertz CT molecular complexity index is 617. The number of nitrogens with one attached hydrogen (secondary N) is 2. The van der Waals surface area contributed by atoms with Crippen LogP contribution < -0.4 is 5.32 Å². The summed E-state index contributed by atoms with van der Waals surface area (Å²) in [6.07, 6.45) is -2.03. The van der Waals surface area contributed by atoms with Gasteiger partial charge in [-0.25, -0.2) is 0 Å². The van der Waals surface area contributed by atoms with Crippen LogP contribution in [-0.2, 0) is 23.8 Å². The van der Waals surface area contributed by atoms with Gasteiger partial charge in [0.2, 0.25) is 5.91 Å². The fraction of sp³-hybridized carbons (Fsp3) is 0.286. The minimum Gasteiger partial charge on any atom is -0.311 e. The third-order valence-corrected chi connectivity index (χ3v) is 3.01. The molecule has 0 radical (unpaired) electrons. The second-order valence-corrected chi connectivity index (χ2v) is 4.54. The van der Waals surface area contributed by atoms with Gasteiger partial charge in [-0.05, 0) is 24.1 Å². The zero-order chi connectivity index (χ0) is 15.5. The molecule has 2 rings (SSSR count). The van der Waals surface area contributed by atoms with Crippen LogP contribution in [-0.4, -0.2) is 16.1 Å². The summed E-state index contributed by atoms with van der Waals surface area (Å²) in [6.45, 7) is 1.93. The first kappa shape index (κ1) is 15.1.